The van der Waals surface area contributed by atoms with Gasteiger partial charge in [0.1, 0.15) is 5.75 Å². The Morgan fingerprint density at radius 3 is 2.96 bits per heavy atom. The van der Waals surface area contributed by atoms with Crippen LogP contribution in [0.5, 0.6) is 5.75 Å². The second kappa shape index (κ2) is 10.00. The Morgan fingerprint density at radius 1 is 1.27 bits per heavy atom. The molecule has 1 heterocycles. The molecule has 2 N–H and O–H groups in total. The molecule has 1 aromatic rings. The minimum Gasteiger partial charge on any atom is -0.491 e. The summed E-state index contributed by atoms with van der Waals surface area (Å²) in [7, 11) is 0. The molecular weight excluding hydrogens is 354 g/mol. The molecule has 144 valence electrons. The molecule has 2 fully saturated rings. The van der Waals surface area contributed by atoms with Crippen molar-refractivity contribution in [3.8, 4) is 5.75 Å². The number of hydrogen-bond donors (Lipinski definition) is 2. The molecule has 1 aromatic carbocycles. The number of halogens is 1. The highest BCUT2D eigenvalue weighted by atomic mass is 35.5. The zero-order valence-corrected chi connectivity index (χ0v) is 15.9. The van der Waals surface area contributed by atoms with Gasteiger partial charge >= 0.3 is 6.03 Å². The summed E-state index contributed by atoms with van der Waals surface area (Å²) in [4.78, 5) is 14.5. The van der Waals surface area contributed by atoms with E-state index in [1.165, 1.54) is 19.3 Å². The van der Waals surface area contributed by atoms with Crippen LogP contribution in [-0.4, -0.2) is 56.9 Å². The Bertz CT molecular complexity index is 587. The van der Waals surface area contributed by atoms with E-state index in [9.17, 15) is 4.79 Å². The summed E-state index contributed by atoms with van der Waals surface area (Å²) in [6.07, 6.45) is 4.76. The van der Waals surface area contributed by atoms with Crippen LogP contribution in [0.4, 0.5) is 10.5 Å². The van der Waals surface area contributed by atoms with Gasteiger partial charge in [0, 0.05) is 37.8 Å². The molecule has 3 rings (SSSR count). The lowest BCUT2D eigenvalue weighted by Gasteiger charge is -2.25. The molecule has 2 amide bonds. The summed E-state index contributed by atoms with van der Waals surface area (Å²) in [5.74, 6) is 1.30. The van der Waals surface area contributed by atoms with Gasteiger partial charge in [-0.15, -0.1) is 0 Å². The van der Waals surface area contributed by atoms with E-state index in [1.807, 2.05) is 6.07 Å². The number of ether oxygens (including phenoxy) is 2. The highest BCUT2D eigenvalue weighted by Crippen LogP contribution is 2.31. The van der Waals surface area contributed by atoms with Gasteiger partial charge in [0.25, 0.3) is 0 Å². The van der Waals surface area contributed by atoms with Crippen LogP contribution in [-0.2, 0) is 4.74 Å². The number of carbonyl (C=O) groups excluding carboxylic acids is 1. The molecule has 0 bridgehead atoms. The maximum atomic E-state index is 12.2. The van der Waals surface area contributed by atoms with E-state index < -0.39 is 0 Å². The van der Waals surface area contributed by atoms with Gasteiger partial charge < -0.3 is 20.1 Å². The first kappa shape index (κ1) is 19.3. The molecule has 0 spiro atoms. The third-order valence-corrected chi connectivity index (χ3v) is 5.15. The van der Waals surface area contributed by atoms with Crippen LogP contribution in [0.25, 0.3) is 0 Å². The number of rotatable bonds is 7. The number of carbonyl (C=O) groups is 1. The van der Waals surface area contributed by atoms with Crippen molar-refractivity contribution < 1.29 is 14.3 Å². The van der Waals surface area contributed by atoms with E-state index in [-0.39, 0.29) is 6.03 Å². The predicted octanol–water partition coefficient (Wildman–Crippen LogP) is 3.36. The number of hydrogen-bond acceptors (Lipinski definition) is 4. The zero-order valence-electron chi connectivity index (χ0n) is 15.1. The second-order valence-electron chi connectivity index (χ2n) is 6.94. The SMILES string of the molecule is O=C(NCCN1CCCOCC1)Nc1cc(Cl)ccc1OCC1CCC1. The van der Waals surface area contributed by atoms with Crippen LogP contribution < -0.4 is 15.4 Å². The quantitative estimate of drug-likeness (QED) is 0.760. The molecule has 0 unspecified atom stereocenters. The number of urea groups is 1. The van der Waals surface area contributed by atoms with Crippen LogP contribution in [0.2, 0.25) is 5.02 Å². The molecule has 6 nitrogen and oxygen atoms in total. The van der Waals surface area contributed by atoms with Gasteiger partial charge in [0.2, 0.25) is 0 Å². The minimum atomic E-state index is -0.244. The molecular formula is C19H28ClN3O3. The van der Waals surface area contributed by atoms with Crippen molar-refractivity contribution in [2.24, 2.45) is 5.92 Å². The Labute approximate surface area is 160 Å². The predicted molar refractivity (Wildman–Crippen MR) is 103 cm³/mol. The van der Waals surface area contributed by atoms with Crippen LogP contribution in [0, 0.1) is 5.92 Å². The smallest absolute Gasteiger partial charge is 0.319 e. The number of nitrogens with zero attached hydrogens (tertiary/aromatic N) is 1. The maximum absolute atomic E-state index is 12.2. The summed E-state index contributed by atoms with van der Waals surface area (Å²) >= 11 is 6.08. The van der Waals surface area contributed by atoms with E-state index >= 15 is 0 Å². The first-order valence-corrected chi connectivity index (χ1v) is 9.86. The number of nitrogens with one attached hydrogen (secondary N) is 2. The van der Waals surface area contributed by atoms with Gasteiger partial charge in [0.15, 0.2) is 0 Å². The Kier molecular flexibility index (Phi) is 7.41. The van der Waals surface area contributed by atoms with Crippen molar-refractivity contribution in [1.29, 1.82) is 0 Å². The van der Waals surface area contributed by atoms with Crippen molar-refractivity contribution in [1.82, 2.24) is 10.2 Å². The molecule has 26 heavy (non-hydrogen) atoms. The van der Waals surface area contributed by atoms with Gasteiger partial charge in [-0.3, -0.25) is 4.90 Å². The molecule has 1 aliphatic heterocycles. The summed E-state index contributed by atoms with van der Waals surface area (Å²) in [6.45, 7) is 5.60. The van der Waals surface area contributed by atoms with Gasteiger partial charge in [-0.05, 0) is 43.4 Å². The average molecular weight is 382 g/mol. The van der Waals surface area contributed by atoms with Gasteiger partial charge in [0.05, 0.1) is 18.9 Å². The Morgan fingerprint density at radius 2 is 2.15 bits per heavy atom. The number of benzene rings is 1. The Hall–Kier alpha value is -1.50. The lowest BCUT2D eigenvalue weighted by molar-refractivity contribution is 0.141. The van der Waals surface area contributed by atoms with E-state index in [4.69, 9.17) is 21.1 Å². The van der Waals surface area contributed by atoms with Crippen molar-refractivity contribution >= 4 is 23.3 Å². The van der Waals surface area contributed by atoms with Crippen molar-refractivity contribution in [3.05, 3.63) is 23.2 Å². The van der Waals surface area contributed by atoms with E-state index in [1.54, 1.807) is 12.1 Å². The summed E-state index contributed by atoms with van der Waals surface area (Å²) in [5, 5.41) is 6.33. The fourth-order valence-electron chi connectivity index (χ4n) is 3.11. The van der Waals surface area contributed by atoms with Crippen molar-refractivity contribution in [3.63, 3.8) is 0 Å². The summed E-state index contributed by atoms with van der Waals surface area (Å²) in [5.41, 5.74) is 0.609. The first-order valence-electron chi connectivity index (χ1n) is 9.48. The average Bonchev–Trinajstić information content (AvgIpc) is 2.84. The molecule has 1 aliphatic carbocycles. The lowest BCUT2D eigenvalue weighted by Crippen LogP contribution is -2.38. The first-order chi connectivity index (χ1) is 12.7. The van der Waals surface area contributed by atoms with Crippen molar-refractivity contribution in [2.45, 2.75) is 25.7 Å². The highest BCUT2D eigenvalue weighted by Gasteiger charge is 2.19. The molecule has 7 heteroatoms. The van der Waals surface area contributed by atoms with E-state index in [0.29, 0.717) is 35.5 Å². The summed E-state index contributed by atoms with van der Waals surface area (Å²) < 4.78 is 11.3. The van der Waals surface area contributed by atoms with Crippen molar-refractivity contribution in [2.75, 3.05) is 51.3 Å². The normalized spacial score (nSPS) is 18.7. The molecule has 1 saturated carbocycles. The monoisotopic (exact) mass is 381 g/mol. The third-order valence-electron chi connectivity index (χ3n) is 4.92. The Balaban J connectivity index is 1.45. The molecule has 0 atom stereocenters. The third kappa shape index (κ3) is 6.04. The molecule has 2 aliphatic rings. The number of amides is 2. The standard InChI is InChI=1S/C19H28ClN3O3/c20-16-5-6-18(26-14-15-3-1-4-15)17(13-16)22-19(24)21-7-9-23-8-2-11-25-12-10-23/h5-6,13,15H,1-4,7-12,14H2,(H2,21,22,24). The topological polar surface area (TPSA) is 62.8 Å². The highest BCUT2D eigenvalue weighted by molar-refractivity contribution is 6.31. The second-order valence-corrected chi connectivity index (χ2v) is 7.37. The largest absolute Gasteiger partial charge is 0.491 e. The van der Waals surface area contributed by atoms with Gasteiger partial charge in [-0.2, -0.15) is 0 Å². The van der Waals surface area contributed by atoms with Gasteiger partial charge in [-0.1, -0.05) is 18.0 Å². The number of anilines is 1. The lowest BCUT2D eigenvalue weighted by atomic mass is 9.86. The maximum Gasteiger partial charge on any atom is 0.319 e. The molecule has 0 aromatic heterocycles. The fourth-order valence-corrected chi connectivity index (χ4v) is 3.28. The van der Waals surface area contributed by atoms with Crippen LogP contribution in [0.1, 0.15) is 25.7 Å². The van der Waals surface area contributed by atoms with Crippen LogP contribution in [0.15, 0.2) is 18.2 Å². The van der Waals surface area contributed by atoms with Crippen LogP contribution in [0.3, 0.4) is 0 Å². The zero-order chi connectivity index (χ0) is 18.2. The summed E-state index contributed by atoms with van der Waals surface area (Å²) in [6, 6.07) is 5.08. The van der Waals surface area contributed by atoms with Gasteiger partial charge in [-0.25, -0.2) is 4.79 Å². The molecule has 0 radical (unpaired) electrons. The fraction of sp³-hybridized carbons (Fsp3) is 0.632. The van der Waals surface area contributed by atoms with E-state index in [2.05, 4.69) is 15.5 Å². The minimum absolute atomic E-state index is 0.244. The molecule has 1 saturated heterocycles. The van der Waals surface area contributed by atoms with Crippen LogP contribution >= 0.6 is 11.6 Å². The van der Waals surface area contributed by atoms with E-state index in [0.717, 1.165) is 39.3 Å².